The van der Waals surface area contributed by atoms with E-state index in [0.717, 1.165) is 42.3 Å². The summed E-state index contributed by atoms with van der Waals surface area (Å²) >= 11 is 6.03. The summed E-state index contributed by atoms with van der Waals surface area (Å²) in [5, 5.41) is 4.58. The van der Waals surface area contributed by atoms with Crippen LogP contribution in [-0.2, 0) is 4.79 Å². The Morgan fingerprint density at radius 2 is 1.87 bits per heavy atom. The summed E-state index contributed by atoms with van der Waals surface area (Å²) in [6.07, 6.45) is 6.24. The zero-order chi connectivity index (χ0) is 21.5. The number of hydrogen-bond acceptors (Lipinski definition) is 2. The lowest BCUT2D eigenvalue weighted by molar-refractivity contribution is -0.120. The van der Waals surface area contributed by atoms with Crippen LogP contribution in [0.3, 0.4) is 0 Å². The third-order valence-electron chi connectivity index (χ3n) is 7.44. The van der Waals surface area contributed by atoms with Crippen LogP contribution in [0.1, 0.15) is 44.1 Å². The Hall–Kier alpha value is -2.46. The Kier molecular flexibility index (Phi) is 5.43. The molecule has 2 aliphatic rings. The van der Waals surface area contributed by atoms with Crippen LogP contribution >= 0.6 is 11.6 Å². The topological polar surface area (TPSA) is 42.0 Å². The van der Waals surface area contributed by atoms with E-state index >= 15 is 0 Å². The lowest BCUT2D eigenvalue weighted by atomic mass is 9.86. The molecule has 5 rings (SSSR count). The number of fused-ring (bicyclic) bond motifs is 2. The largest absolute Gasteiger partial charge is 0.326 e. The Labute approximate surface area is 187 Å². The third-order valence-corrected chi connectivity index (χ3v) is 7.68. The van der Waals surface area contributed by atoms with Crippen molar-refractivity contribution >= 4 is 34.1 Å². The standard InChI is InChI=1S/C26H26ClFN2O/c1-15(26(31)30-22-4-2-3-20(27)13-22)16-9-17-11-19(12-18(17)10-16)23-7-8-29-25-6-5-21(28)14-24(23)25/h2-8,13-19H,9-12H2,1H3,(H,30,31)/t15?,16?,17-,18+,19?. The van der Waals surface area contributed by atoms with Gasteiger partial charge in [0.1, 0.15) is 5.82 Å². The molecule has 5 heteroatoms. The minimum atomic E-state index is -0.209. The van der Waals surface area contributed by atoms with Gasteiger partial charge in [-0.2, -0.15) is 0 Å². The van der Waals surface area contributed by atoms with Gasteiger partial charge < -0.3 is 5.32 Å². The van der Waals surface area contributed by atoms with E-state index in [9.17, 15) is 9.18 Å². The molecule has 0 spiro atoms. The van der Waals surface area contributed by atoms with E-state index in [1.807, 2.05) is 25.3 Å². The molecule has 1 aromatic heterocycles. The van der Waals surface area contributed by atoms with Gasteiger partial charge in [0.2, 0.25) is 5.91 Å². The molecule has 0 bridgehead atoms. The van der Waals surface area contributed by atoms with Crippen LogP contribution < -0.4 is 5.32 Å². The van der Waals surface area contributed by atoms with Crippen molar-refractivity contribution < 1.29 is 9.18 Å². The van der Waals surface area contributed by atoms with Crippen molar-refractivity contribution in [2.75, 3.05) is 5.32 Å². The first-order valence-corrected chi connectivity index (χ1v) is 11.5. The van der Waals surface area contributed by atoms with E-state index in [4.69, 9.17) is 11.6 Å². The maximum Gasteiger partial charge on any atom is 0.227 e. The number of rotatable bonds is 4. The maximum atomic E-state index is 13.9. The smallest absolute Gasteiger partial charge is 0.227 e. The molecule has 0 aliphatic heterocycles. The second-order valence-corrected chi connectivity index (χ2v) is 9.71. The molecule has 2 aromatic carbocycles. The van der Waals surface area contributed by atoms with Crippen LogP contribution in [-0.4, -0.2) is 10.9 Å². The molecule has 1 heterocycles. The van der Waals surface area contributed by atoms with Gasteiger partial charge in [-0.1, -0.05) is 24.6 Å². The maximum absolute atomic E-state index is 13.9. The quantitative estimate of drug-likeness (QED) is 0.487. The van der Waals surface area contributed by atoms with Gasteiger partial charge in [-0.3, -0.25) is 9.78 Å². The van der Waals surface area contributed by atoms with Crippen molar-refractivity contribution in [2.24, 2.45) is 23.7 Å². The summed E-state index contributed by atoms with van der Waals surface area (Å²) < 4.78 is 13.9. The van der Waals surface area contributed by atoms with Crippen LogP contribution in [0.15, 0.2) is 54.7 Å². The second-order valence-electron chi connectivity index (χ2n) is 9.27. The van der Waals surface area contributed by atoms with Gasteiger partial charge in [0.15, 0.2) is 0 Å². The lowest BCUT2D eigenvalue weighted by Crippen LogP contribution is -2.26. The molecule has 1 N–H and O–H groups in total. The van der Waals surface area contributed by atoms with Gasteiger partial charge in [-0.15, -0.1) is 0 Å². The zero-order valence-electron chi connectivity index (χ0n) is 17.5. The first kappa shape index (κ1) is 20.4. The highest BCUT2D eigenvalue weighted by Gasteiger charge is 2.44. The number of anilines is 1. The zero-order valence-corrected chi connectivity index (χ0v) is 18.3. The van der Waals surface area contributed by atoms with E-state index in [1.54, 1.807) is 24.3 Å². The van der Waals surface area contributed by atoms with Gasteiger partial charge in [-0.05, 0) is 97.4 Å². The fraction of sp³-hybridized carbons (Fsp3) is 0.385. The highest BCUT2D eigenvalue weighted by Crippen LogP contribution is 2.54. The number of nitrogens with zero attached hydrogens (tertiary/aromatic N) is 1. The summed E-state index contributed by atoms with van der Waals surface area (Å²) in [6, 6.07) is 14.2. The number of aromatic nitrogens is 1. The number of carbonyl (C=O) groups excluding carboxylic acids is 1. The summed E-state index contributed by atoms with van der Waals surface area (Å²) in [6.45, 7) is 2.04. The normalized spacial score (nSPS) is 26.0. The number of amides is 1. The molecule has 0 saturated heterocycles. The van der Waals surface area contributed by atoms with Crippen molar-refractivity contribution in [3.63, 3.8) is 0 Å². The fourth-order valence-corrected chi connectivity index (χ4v) is 6.05. The predicted molar refractivity (Wildman–Crippen MR) is 123 cm³/mol. The molecule has 2 fully saturated rings. The Morgan fingerprint density at radius 3 is 2.61 bits per heavy atom. The SMILES string of the molecule is CC(C(=O)Nc1cccc(Cl)c1)C1C[C@H]2CC(c3ccnc4ccc(F)cc34)C[C@H]2C1. The fourth-order valence-electron chi connectivity index (χ4n) is 5.86. The minimum absolute atomic E-state index is 0.0288. The first-order chi connectivity index (χ1) is 15.0. The molecule has 3 aromatic rings. The molecule has 2 aliphatic carbocycles. The molecular formula is C26H26ClFN2O. The monoisotopic (exact) mass is 436 g/mol. The molecule has 3 unspecified atom stereocenters. The third kappa shape index (κ3) is 4.06. The summed E-state index contributed by atoms with van der Waals surface area (Å²) in [7, 11) is 0. The average Bonchev–Trinajstić information content (AvgIpc) is 3.32. The second kappa shape index (κ2) is 8.23. The van der Waals surface area contributed by atoms with E-state index in [-0.39, 0.29) is 17.6 Å². The highest BCUT2D eigenvalue weighted by atomic mass is 35.5. The summed E-state index contributed by atoms with van der Waals surface area (Å²) in [4.78, 5) is 17.2. The van der Waals surface area contributed by atoms with Crippen LogP contribution in [0.4, 0.5) is 10.1 Å². The van der Waals surface area contributed by atoms with Gasteiger partial charge in [-0.25, -0.2) is 4.39 Å². The molecule has 31 heavy (non-hydrogen) atoms. The Morgan fingerprint density at radius 1 is 1.10 bits per heavy atom. The van der Waals surface area contributed by atoms with Crippen molar-refractivity contribution in [1.29, 1.82) is 0 Å². The van der Waals surface area contributed by atoms with Crippen LogP contribution in [0.2, 0.25) is 5.02 Å². The number of benzene rings is 2. The Bertz CT molecular complexity index is 1120. The van der Waals surface area contributed by atoms with Gasteiger partial charge >= 0.3 is 0 Å². The van der Waals surface area contributed by atoms with E-state index in [1.165, 1.54) is 11.6 Å². The molecule has 3 nitrogen and oxygen atoms in total. The van der Waals surface area contributed by atoms with E-state index < -0.39 is 0 Å². The minimum Gasteiger partial charge on any atom is -0.326 e. The number of nitrogens with one attached hydrogen (secondary N) is 1. The average molecular weight is 437 g/mol. The molecule has 0 radical (unpaired) electrons. The number of halogens is 2. The number of carbonyl (C=O) groups is 1. The predicted octanol–water partition coefficient (Wildman–Crippen LogP) is 6.82. The molecule has 2 saturated carbocycles. The molecule has 160 valence electrons. The highest BCUT2D eigenvalue weighted by molar-refractivity contribution is 6.30. The van der Waals surface area contributed by atoms with Crippen LogP contribution in [0.25, 0.3) is 10.9 Å². The number of pyridine rings is 1. The van der Waals surface area contributed by atoms with Crippen molar-refractivity contribution in [1.82, 2.24) is 4.98 Å². The van der Waals surface area contributed by atoms with Gasteiger partial charge in [0.05, 0.1) is 5.52 Å². The van der Waals surface area contributed by atoms with Crippen LogP contribution in [0, 0.1) is 29.5 Å². The molecule has 5 atom stereocenters. The van der Waals surface area contributed by atoms with E-state index in [2.05, 4.69) is 16.4 Å². The first-order valence-electron chi connectivity index (χ1n) is 11.1. The molecular weight excluding hydrogens is 411 g/mol. The van der Waals surface area contributed by atoms with Gasteiger partial charge in [0.25, 0.3) is 0 Å². The molecule has 1 amide bonds. The Balaban J connectivity index is 1.25. The van der Waals surface area contributed by atoms with Crippen molar-refractivity contribution in [3.05, 3.63) is 71.1 Å². The number of hydrogen-bond donors (Lipinski definition) is 1. The van der Waals surface area contributed by atoms with Crippen LogP contribution in [0.5, 0.6) is 0 Å². The van der Waals surface area contributed by atoms with E-state index in [0.29, 0.717) is 28.7 Å². The van der Waals surface area contributed by atoms with Crippen molar-refractivity contribution in [2.45, 2.75) is 38.5 Å². The van der Waals surface area contributed by atoms with Gasteiger partial charge in [0, 0.05) is 28.2 Å². The van der Waals surface area contributed by atoms with Crippen molar-refractivity contribution in [3.8, 4) is 0 Å². The summed E-state index contributed by atoms with van der Waals surface area (Å²) in [5.74, 6) is 1.94. The summed E-state index contributed by atoms with van der Waals surface area (Å²) in [5.41, 5.74) is 2.83. The lowest BCUT2D eigenvalue weighted by Gasteiger charge is -2.21.